The maximum absolute atomic E-state index is 11.7. The molecule has 1 aromatic rings. The first-order valence-electron chi connectivity index (χ1n) is 7.96. The zero-order valence-corrected chi connectivity index (χ0v) is 12.6. The van der Waals surface area contributed by atoms with Crippen molar-refractivity contribution in [1.29, 1.82) is 0 Å². The summed E-state index contributed by atoms with van der Waals surface area (Å²) < 4.78 is 5.61. The molecular weight excluding hydrogens is 264 g/mol. The van der Waals surface area contributed by atoms with E-state index in [9.17, 15) is 4.79 Å². The predicted octanol–water partition coefficient (Wildman–Crippen LogP) is 2.24. The van der Waals surface area contributed by atoms with Gasteiger partial charge in [0, 0.05) is 25.6 Å². The summed E-state index contributed by atoms with van der Waals surface area (Å²) in [6.07, 6.45) is 4.88. The highest BCUT2D eigenvalue weighted by molar-refractivity contribution is 5.76. The molecule has 0 aliphatic carbocycles. The molecule has 116 valence electrons. The summed E-state index contributed by atoms with van der Waals surface area (Å²) in [5, 5.41) is 6.32. The van der Waals surface area contributed by atoms with Crippen molar-refractivity contribution in [3.8, 4) is 0 Å². The number of ether oxygens (including phenoxy) is 1. The van der Waals surface area contributed by atoms with Gasteiger partial charge in [-0.05, 0) is 37.8 Å². The second-order valence-corrected chi connectivity index (χ2v) is 5.59. The van der Waals surface area contributed by atoms with Crippen molar-refractivity contribution in [3.63, 3.8) is 0 Å². The van der Waals surface area contributed by atoms with Crippen LogP contribution in [0.2, 0.25) is 0 Å². The van der Waals surface area contributed by atoms with Gasteiger partial charge in [-0.1, -0.05) is 30.3 Å². The molecule has 1 unspecified atom stereocenters. The summed E-state index contributed by atoms with van der Waals surface area (Å²) in [6.45, 7) is 3.21. The third kappa shape index (κ3) is 6.74. The summed E-state index contributed by atoms with van der Waals surface area (Å²) in [5.41, 5.74) is 1.20. The fourth-order valence-corrected chi connectivity index (χ4v) is 2.55. The monoisotopic (exact) mass is 290 g/mol. The van der Waals surface area contributed by atoms with Crippen LogP contribution in [0.15, 0.2) is 30.3 Å². The maximum atomic E-state index is 11.7. The normalized spacial score (nSPS) is 17.8. The fraction of sp³-hybridized carbons (Fsp3) is 0.588. The van der Waals surface area contributed by atoms with Crippen LogP contribution in [0.4, 0.5) is 0 Å². The van der Waals surface area contributed by atoms with Gasteiger partial charge < -0.3 is 15.4 Å². The zero-order chi connectivity index (χ0) is 14.8. The molecule has 0 radical (unpaired) electrons. The lowest BCUT2D eigenvalue weighted by Gasteiger charge is -2.10. The van der Waals surface area contributed by atoms with Crippen LogP contribution in [-0.4, -0.2) is 31.6 Å². The average molecular weight is 290 g/mol. The number of unbranched alkanes of at least 4 members (excludes halogenated alkanes) is 1. The minimum absolute atomic E-state index is 0.166. The molecule has 1 aromatic carbocycles. The van der Waals surface area contributed by atoms with E-state index in [-0.39, 0.29) is 5.91 Å². The van der Waals surface area contributed by atoms with E-state index < -0.39 is 0 Å². The molecule has 2 N–H and O–H groups in total. The van der Waals surface area contributed by atoms with Gasteiger partial charge in [-0.25, -0.2) is 0 Å². The molecule has 1 heterocycles. The van der Waals surface area contributed by atoms with Crippen LogP contribution in [0.3, 0.4) is 0 Å². The number of hydrogen-bond donors (Lipinski definition) is 2. The molecular formula is C17H26N2O2. The molecule has 0 spiro atoms. The van der Waals surface area contributed by atoms with Crippen LogP contribution in [0.25, 0.3) is 0 Å². The molecule has 1 aliphatic rings. The van der Waals surface area contributed by atoms with Crippen molar-refractivity contribution < 1.29 is 9.53 Å². The van der Waals surface area contributed by atoms with E-state index in [1.807, 2.05) is 18.2 Å². The number of benzene rings is 1. The van der Waals surface area contributed by atoms with Crippen LogP contribution in [0.1, 0.15) is 37.7 Å². The Bertz CT molecular complexity index is 403. The molecule has 0 bridgehead atoms. The summed E-state index contributed by atoms with van der Waals surface area (Å²) in [7, 11) is 0. The highest BCUT2D eigenvalue weighted by Crippen LogP contribution is 2.08. The van der Waals surface area contributed by atoms with Crippen molar-refractivity contribution in [3.05, 3.63) is 35.9 Å². The Kier molecular flexibility index (Phi) is 7.25. The third-order valence-electron chi connectivity index (χ3n) is 3.74. The van der Waals surface area contributed by atoms with Crippen molar-refractivity contribution >= 4 is 5.91 Å². The average Bonchev–Trinajstić information content (AvgIpc) is 3.00. The van der Waals surface area contributed by atoms with Gasteiger partial charge in [0.25, 0.3) is 0 Å². The SMILES string of the molecule is O=C(CC1CCCN1)NCCCCOCc1ccccc1. The molecule has 1 aliphatic heterocycles. The van der Waals surface area contributed by atoms with E-state index in [1.54, 1.807) is 0 Å². The van der Waals surface area contributed by atoms with Crippen molar-refractivity contribution in [2.24, 2.45) is 0 Å². The topological polar surface area (TPSA) is 50.4 Å². The van der Waals surface area contributed by atoms with Crippen molar-refractivity contribution in [2.75, 3.05) is 19.7 Å². The van der Waals surface area contributed by atoms with Crippen LogP contribution in [-0.2, 0) is 16.1 Å². The Morgan fingerprint density at radius 2 is 2.14 bits per heavy atom. The van der Waals surface area contributed by atoms with Gasteiger partial charge in [0.05, 0.1) is 6.61 Å². The predicted molar refractivity (Wildman–Crippen MR) is 84.0 cm³/mol. The summed E-state index contributed by atoms with van der Waals surface area (Å²) in [5.74, 6) is 0.166. The zero-order valence-electron chi connectivity index (χ0n) is 12.6. The first kappa shape index (κ1) is 16.0. The molecule has 2 rings (SSSR count). The molecule has 1 atom stereocenters. The number of nitrogens with one attached hydrogen (secondary N) is 2. The third-order valence-corrected chi connectivity index (χ3v) is 3.74. The van der Waals surface area contributed by atoms with Crippen LogP contribution >= 0.6 is 0 Å². The van der Waals surface area contributed by atoms with Gasteiger partial charge in [0.2, 0.25) is 5.91 Å². The number of rotatable bonds is 9. The molecule has 1 amide bonds. The maximum Gasteiger partial charge on any atom is 0.221 e. The Labute approximate surface area is 127 Å². The van der Waals surface area contributed by atoms with Crippen molar-refractivity contribution in [2.45, 2.75) is 44.8 Å². The summed E-state index contributed by atoms with van der Waals surface area (Å²) in [6, 6.07) is 10.6. The van der Waals surface area contributed by atoms with Gasteiger partial charge in [0.1, 0.15) is 0 Å². The molecule has 1 fully saturated rings. The highest BCUT2D eigenvalue weighted by Gasteiger charge is 2.16. The number of carbonyl (C=O) groups is 1. The largest absolute Gasteiger partial charge is 0.377 e. The number of amides is 1. The van der Waals surface area contributed by atoms with Crippen LogP contribution < -0.4 is 10.6 Å². The van der Waals surface area contributed by atoms with Crippen LogP contribution in [0, 0.1) is 0 Å². The molecule has 1 saturated heterocycles. The lowest BCUT2D eigenvalue weighted by molar-refractivity contribution is -0.121. The minimum atomic E-state index is 0.166. The van der Waals surface area contributed by atoms with Crippen LogP contribution in [0.5, 0.6) is 0 Å². The number of carbonyl (C=O) groups excluding carboxylic acids is 1. The van der Waals surface area contributed by atoms with E-state index in [1.165, 1.54) is 12.0 Å². The van der Waals surface area contributed by atoms with Gasteiger partial charge in [0.15, 0.2) is 0 Å². The molecule has 0 aromatic heterocycles. The summed E-state index contributed by atoms with van der Waals surface area (Å²) >= 11 is 0. The van der Waals surface area contributed by atoms with E-state index in [0.717, 1.165) is 39.0 Å². The first-order valence-corrected chi connectivity index (χ1v) is 7.96. The molecule has 4 nitrogen and oxygen atoms in total. The van der Waals surface area contributed by atoms with Crippen molar-refractivity contribution in [1.82, 2.24) is 10.6 Å². The van der Waals surface area contributed by atoms with Gasteiger partial charge in [-0.2, -0.15) is 0 Å². The summed E-state index contributed by atoms with van der Waals surface area (Å²) in [4.78, 5) is 11.7. The van der Waals surface area contributed by atoms with E-state index in [4.69, 9.17) is 4.74 Å². The Morgan fingerprint density at radius 1 is 1.29 bits per heavy atom. The Morgan fingerprint density at radius 3 is 2.90 bits per heavy atom. The molecule has 4 heteroatoms. The first-order chi connectivity index (χ1) is 10.3. The molecule has 0 saturated carbocycles. The smallest absolute Gasteiger partial charge is 0.221 e. The second kappa shape index (κ2) is 9.53. The van der Waals surface area contributed by atoms with Gasteiger partial charge in [-0.3, -0.25) is 4.79 Å². The lowest BCUT2D eigenvalue weighted by atomic mass is 10.1. The Hall–Kier alpha value is -1.39. The van der Waals surface area contributed by atoms with Gasteiger partial charge >= 0.3 is 0 Å². The lowest BCUT2D eigenvalue weighted by Crippen LogP contribution is -2.32. The van der Waals surface area contributed by atoms with E-state index in [2.05, 4.69) is 22.8 Å². The van der Waals surface area contributed by atoms with Gasteiger partial charge in [-0.15, -0.1) is 0 Å². The molecule has 21 heavy (non-hydrogen) atoms. The fourth-order valence-electron chi connectivity index (χ4n) is 2.55. The standard InChI is InChI=1S/C17H26N2O2/c20-17(13-16-9-6-11-18-16)19-10-4-5-12-21-14-15-7-2-1-3-8-15/h1-3,7-8,16,18H,4-6,9-14H2,(H,19,20). The number of hydrogen-bond acceptors (Lipinski definition) is 3. The minimum Gasteiger partial charge on any atom is -0.377 e. The quantitative estimate of drug-likeness (QED) is 0.686. The van der Waals surface area contributed by atoms with E-state index >= 15 is 0 Å². The Balaban J connectivity index is 1.42. The van der Waals surface area contributed by atoms with E-state index in [0.29, 0.717) is 19.1 Å². The highest BCUT2D eigenvalue weighted by atomic mass is 16.5. The second-order valence-electron chi connectivity index (χ2n) is 5.59.